The average Bonchev–Trinajstić information content (AvgIpc) is 2.91. The third kappa shape index (κ3) is 4.48. The molecule has 3 N–H and O–H groups in total. The number of nitrogen functional groups attached to an aromatic ring is 1. The quantitative estimate of drug-likeness (QED) is 0.291. The van der Waals surface area contributed by atoms with Crippen molar-refractivity contribution in [2.75, 3.05) is 5.73 Å². The molecule has 8 heteroatoms. The SMILES string of the molecule is Nc1nc(-c2ccccc2)c(-c2cc(Cl)c3ncccc3c2)nc1OCc1cccc(C2(O)CCC2)n1. The van der Waals surface area contributed by atoms with Crippen molar-refractivity contribution in [2.24, 2.45) is 0 Å². The number of aromatic nitrogens is 4. The lowest BCUT2D eigenvalue weighted by Gasteiger charge is -2.36. The summed E-state index contributed by atoms with van der Waals surface area (Å²) in [6, 6.07) is 22.9. The number of nitrogens with zero attached hydrogens (tertiary/aromatic N) is 4. The van der Waals surface area contributed by atoms with Crippen LogP contribution in [0.15, 0.2) is 79.0 Å². The summed E-state index contributed by atoms with van der Waals surface area (Å²) in [6.45, 7) is 0.134. The molecule has 0 unspecified atom stereocenters. The van der Waals surface area contributed by atoms with Crippen LogP contribution in [0.1, 0.15) is 30.7 Å². The van der Waals surface area contributed by atoms with Crippen LogP contribution in [-0.2, 0) is 12.2 Å². The van der Waals surface area contributed by atoms with E-state index in [1.165, 1.54) is 0 Å². The van der Waals surface area contributed by atoms with Gasteiger partial charge in [-0.05, 0) is 49.6 Å². The molecule has 1 saturated carbocycles. The van der Waals surface area contributed by atoms with E-state index in [0.717, 1.165) is 35.8 Å². The Bertz CT molecular complexity index is 1610. The predicted octanol–water partition coefficient (Wildman–Crippen LogP) is 5.94. The molecule has 0 atom stereocenters. The molecule has 184 valence electrons. The molecule has 0 amide bonds. The van der Waals surface area contributed by atoms with E-state index < -0.39 is 5.60 Å². The molecule has 6 rings (SSSR count). The lowest BCUT2D eigenvalue weighted by Crippen LogP contribution is -2.34. The van der Waals surface area contributed by atoms with Gasteiger partial charge in [-0.15, -0.1) is 0 Å². The van der Waals surface area contributed by atoms with Gasteiger partial charge in [-0.3, -0.25) is 9.97 Å². The van der Waals surface area contributed by atoms with Gasteiger partial charge in [0.25, 0.3) is 5.88 Å². The summed E-state index contributed by atoms with van der Waals surface area (Å²) in [5, 5.41) is 12.1. The summed E-state index contributed by atoms with van der Waals surface area (Å²) in [4.78, 5) is 18.5. The van der Waals surface area contributed by atoms with E-state index in [4.69, 9.17) is 32.0 Å². The second-order valence-electron chi connectivity index (χ2n) is 9.20. The highest BCUT2D eigenvalue weighted by Gasteiger charge is 2.37. The molecule has 0 aliphatic heterocycles. The molecule has 0 saturated heterocycles. The third-order valence-corrected chi connectivity index (χ3v) is 6.98. The number of hydrogen-bond acceptors (Lipinski definition) is 7. The van der Waals surface area contributed by atoms with Crippen molar-refractivity contribution in [3.8, 4) is 28.4 Å². The van der Waals surface area contributed by atoms with Gasteiger partial charge in [0.2, 0.25) is 0 Å². The Morgan fingerprint density at radius 3 is 2.49 bits per heavy atom. The first-order valence-electron chi connectivity index (χ1n) is 12.1. The number of fused-ring (bicyclic) bond motifs is 1. The Kier molecular flexibility index (Phi) is 5.94. The number of benzene rings is 2. The zero-order valence-electron chi connectivity index (χ0n) is 19.9. The van der Waals surface area contributed by atoms with Crippen LogP contribution in [0.3, 0.4) is 0 Å². The molecule has 1 aliphatic carbocycles. The maximum atomic E-state index is 10.7. The highest BCUT2D eigenvalue weighted by molar-refractivity contribution is 6.35. The number of ether oxygens (including phenoxy) is 1. The van der Waals surface area contributed by atoms with Gasteiger partial charge in [0.05, 0.1) is 27.6 Å². The Labute approximate surface area is 219 Å². The molecular weight excluding hydrogens is 486 g/mol. The molecular formula is C29H24ClN5O2. The maximum absolute atomic E-state index is 10.7. The topological polar surface area (TPSA) is 107 Å². The van der Waals surface area contributed by atoms with Crippen LogP contribution >= 0.6 is 11.6 Å². The molecule has 0 radical (unpaired) electrons. The molecule has 37 heavy (non-hydrogen) atoms. The first-order chi connectivity index (χ1) is 18.0. The Hall–Kier alpha value is -4.07. The standard InChI is InChI=1S/C29H24ClN5O2/c30-22-16-20(15-19-9-5-14-32-24(19)22)26-25(18-7-2-1-3-8-18)34-27(31)28(35-26)37-17-21-10-4-11-23(33-21)29(36)12-6-13-29/h1-5,7-11,14-16,36H,6,12-13,17H2,(H2,31,34). The first-order valence-corrected chi connectivity index (χ1v) is 12.5. The number of hydrogen-bond donors (Lipinski definition) is 2. The normalized spacial score (nSPS) is 14.3. The molecule has 7 nitrogen and oxygen atoms in total. The summed E-state index contributed by atoms with van der Waals surface area (Å²) < 4.78 is 6.02. The minimum absolute atomic E-state index is 0.134. The van der Waals surface area contributed by atoms with Crippen molar-refractivity contribution in [1.29, 1.82) is 0 Å². The van der Waals surface area contributed by atoms with Gasteiger partial charge >= 0.3 is 0 Å². The molecule has 1 fully saturated rings. The van der Waals surface area contributed by atoms with Crippen LogP contribution < -0.4 is 10.5 Å². The van der Waals surface area contributed by atoms with Crippen molar-refractivity contribution in [1.82, 2.24) is 19.9 Å². The average molecular weight is 510 g/mol. The van der Waals surface area contributed by atoms with Crippen LogP contribution in [-0.4, -0.2) is 25.0 Å². The first kappa shape index (κ1) is 23.3. The molecule has 0 spiro atoms. The summed E-state index contributed by atoms with van der Waals surface area (Å²) in [5.41, 5.74) is 10.4. The van der Waals surface area contributed by atoms with Gasteiger partial charge in [-0.1, -0.05) is 54.1 Å². The number of halogens is 1. The summed E-state index contributed by atoms with van der Waals surface area (Å²) in [6.07, 6.45) is 4.15. The highest BCUT2D eigenvalue weighted by Crippen LogP contribution is 2.40. The summed E-state index contributed by atoms with van der Waals surface area (Å²) >= 11 is 6.60. The number of aliphatic hydroxyl groups is 1. The fraction of sp³-hybridized carbons (Fsp3) is 0.172. The van der Waals surface area contributed by atoms with Crippen molar-refractivity contribution in [3.05, 3.63) is 95.4 Å². The summed E-state index contributed by atoms with van der Waals surface area (Å²) in [5.74, 6) is 0.372. The van der Waals surface area contributed by atoms with Crippen molar-refractivity contribution in [3.63, 3.8) is 0 Å². The predicted molar refractivity (Wildman–Crippen MR) is 144 cm³/mol. The molecule has 3 aromatic heterocycles. The van der Waals surface area contributed by atoms with E-state index in [2.05, 4.69) is 9.97 Å². The van der Waals surface area contributed by atoms with E-state index in [1.54, 1.807) is 6.20 Å². The van der Waals surface area contributed by atoms with E-state index >= 15 is 0 Å². The van der Waals surface area contributed by atoms with E-state index in [-0.39, 0.29) is 18.3 Å². The largest absolute Gasteiger partial charge is 0.469 e. The van der Waals surface area contributed by atoms with Gasteiger partial charge in [-0.2, -0.15) is 0 Å². The minimum Gasteiger partial charge on any atom is -0.469 e. The van der Waals surface area contributed by atoms with E-state index in [9.17, 15) is 5.11 Å². The van der Waals surface area contributed by atoms with Gasteiger partial charge < -0.3 is 15.6 Å². The number of nitrogens with two attached hydrogens (primary N) is 1. The Balaban J connectivity index is 1.40. The van der Waals surface area contributed by atoms with Crippen LogP contribution in [0, 0.1) is 0 Å². The van der Waals surface area contributed by atoms with E-state index in [1.807, 2.05) is 72.8 Å². The fourth-order valence-electron chi connectivity index (χ4n) is 4.55. The Morgan fingerprint density at radius 2 is 1.70 bits per heavy atom. The number of pyridine rings is 2. The lowest BCUT2D eigenvalue weighted by molar-refractivity contribution is -0.0428. The van der Waals surface area contributed by atoms with Crippen molar-refractivity contribution in [2.45, 2.75) is 31.5 Å². The van der Waals surface area contributed by atoms with Crippen LogP contribution in [0.4, 0.5) is 5.82 Å². The maximum Gasteiger partial charge on any atom is 0.258 e. The molecule has 0 bridgehead atoms. The lowest BCUT2D eigenvalue weighted by atomic mass is 9.77. The third-order valence-electron chi connectivity index (χ3n) is 6.69. The number of anilines is 1. The smallest absolute Gasteiger partial charge is 0.258 e. The van der Waals surface area contributed by atoms with Crippen LogP contribution in [0.25, 0.3) is 33.4 Å². The van der Waals surface area contributed by atoms with Gasteiger partial charge in [0, 0.05) is 22.7 Å². The zero-order valence-corrected chi connectivity index (χ0v) is 20.7. The van der Waals surface area contributed by atoms with Crippen LogP contribution in [0.5, 0.6) is 5.88 Å². The highest BCUT2D eigenvalue weighted by atomic mass is 35.5. The van der Waals surface area contributed by atoms with Gasteiger partial charge in [0.15, 0.2) is 5.82 Å². The molecule has 1 aliphatic rings. The summed E-state index contributed by atoms with van der Waals surface area (Å²) in [7, 11) is 0. The molecule has 3 heterocycles. The van der Waals surface area contributed by atoms with Crippen molar-refractivity contribution >= 4 is 28.3 Å². The van der Waals surface area contributed by atoms with Gasteiger partial charge in [0.1, 0.15) is 17.9 Å². The minimum atomic E-state index is -0.844. The Morgan fingerprint density at radius 1 is 0.892 bits per heavy atom. The van der Waals surface area contributed by atoms with E-state index in [0.29, 0.717) is 33.3 Å². The molecule has 5 aromatic rings. The number of rotatable bonds is 6. The fourth-order valence-corrected chi connectivity index (χ4v) is 4.83. The second kappa shape index (κ2) is 9.42. The van der Waals surface area contributed by atoms with Crippen molar-refractivity contribution < 1.29 is 9.84 Å². The zero-order chi connectivity index (χ0) is 25.4. The second-order valence-corrected chi connectivity index (χ2v) is 9.61. The van der Waals surface area contributed by atoms with Crippen LogP contribution in [0.2, 0.25) is 5.02 Å². The molecule has 2 aromatic carbocycles. The van der Waals surface area contributed by atoms with Gasteiger partial charge in [-0.25, -0.2) is 9.97 Å². The monoisotopic (exact) mass is 509 g/mol.